The van der Waals surface area contributed by atoms with Crippen LogP contribution in [0.4, 0.5) is 4.39 Å². The number of aromatic nitrogens is 2. The number of aromatic amines is 1. The van der Waals surface area contributed by atoms with Crippen LogP contribution in [-0.4, -0.2) is 40.1 Å². The molecule has 1 fully saturated rings. The van der Waals surface area contributed by atoms with E-state index in [0.29, 0.717) is 12.1 Å². The maximum absolute atomic E-state index is 13.9. The van der Waals surface area contributed by atoms with Crippen LogP contribution in [-0.2, 0) is 17.8 Å². The molecule has 0 aliphatic carbocycles. The second-order valence-corrected chi connectivity index (χ2v) is 7.13. The third-order valence-corrected chi connectivity index (χ3v) is 5.10. The first-order valence-electron chi connectivity index (χ1n) is 9.36. The fraction of sp³-hybridized carbons (Fsp3) is 0.333. The van der Waals surface area contributed by atoms with Gasteiger partial charge in [-0.15, -0.1) is 0 Å². The number of nitrogens with one attached hydrogen (secondary N) is 2. The SMILES string of the molecule is O=C(Cc1[nH]nc2ccccc12)NC1CCCN(Cc2ccccc2F)C1. The van der Waals surface area contributed by atoms with E-state index in [4.69, 9.17) is 0 Å². The third-order valence-electron chi connectivity index (χ3n) is 5.10. The van der Waals surface area contributed by atoms with Gasteiger partial charge in [-0.3, -0.25) is 14.8 Å². The summed E-state index contributed by atoms with van der Waals surface area (Å²) in [5, 5.41) is 11.3. The number of benzene rings is 2. The van der Waals surface area contributed by atoms with Gasteiger partial charge in [-0.25, -0.2) is 4.39 Å². The normalized spacial score (nSPS) is 17.9. The average Bonchev–Trinajstić information content (AvgIpc) is 3.07. The minimum atomic E-state index is -0.171. The molecule has 1 atom stereocenters. The summed E-state index contributed by atoms with van der Waals surface area (Å²) < 4.78 is 13.9. The first-order valence-corrected chi connectivity index (χ1v) is 9.36. The Morgan fingerprint density at radius 2 is 2.04 bits per heavy atom. The van der Waals surface area contributed by atoms with Gasteiger partial charge >= 0.3 is 0 Å². The van der Waals surface area contributed by atoms with Gasteiger partial charge in [-0.2, -0.15) is 5.10 Å². The number of fused-ring (bicyclic) bond motifs is 1. The zero-order valence-corrected chi connectivity index (χ0v) is 15.1. The molecule has 0 radical (unpaired) electrons. The highest BCUT2D eigenvalue weighted by molar-refractivity contribution is 5.87. The number of nitrogens with zero attached hydrogens (tertiary/aromatic N) is 2. The number of halogens is 1. The first-order chi connectivity index (χ1) is 13.2. The highest BCUT2D eigenvalue weighted by Crippen LogP contribution is 2.17. The van der Waals surface area contributed by atoms with E-state index in [-0.39, 0.29) is 24.2 Å². The van der Waals surface area contributed by atoms with Crippen molar-refractivity contribution in [2.24, 2.45) is 0 Å². The number of likely N-dealkylation sites (tertiary alicyclic amines) is 1. The van der Waals surface area contributed by atoms with Gasteiger partial charge in [-0.05, 0) is 31.5 Å². The number of piperidine rings is 1. The van der Waals surface area contributed by atoms with Crippen molar-refractivity contribution in [1.82, 2.24) is 20.4 Å². The molecule has 2 heterocycles. The van der Waals surface area contributed by atoms with Crippen LogP contribution in [0.25, 0.3) is 10.9 Å². The Kier molecular flexibility index (Phi) is 5.16. The molecule has 1 aliphatic rings. The molecule has 1 unspecified atom stereocenters. The number of hydrogen-bond donors (Lipinski definition) is 2. The maximum Gasteiger partial charge on any atom is 0.226 e. The zero-order chi connectivity index (χ0) is 18.6. The molecule has 27 heavy (non-hydrogen) atoms. The second-order valence-electron chi connectivity index (χ2n) is 7.13. The predicted octanol–water partition coefficient (Wildman–Crippen LogP) is 3.03. The summed E-state index contributed by atoms with van der Waals surface area (Å²) in [6, 6.07) is 14.7. The molecule has 1 amide bonds. The number of H-pyrrole nitrogens is 1. The van der Waals surface area contributed by atoms with E-state index in [9.17, 15) is 9.18 Å². The lowest BCUT2D eigenvalue weighted by Crippen LogP contribution is -2.47. The Hall–Kier alpha value is -2.73. The minimum Gasteiger partial charge on any atom is -0.352 e. The molecule has 1 aliphatic heterocycles. The summed E-state index contributed by atoms with van der Waals surface area (Å²) in [5.41, 5.74) is 2.41. The molecular weight excluding hydrogens is 343 g/mol. The Bertz CT molecular complexity index is 939. The lowest BCUT2D eigenvalue weighted by atomic mass is 10.0. The summed E-state index contributed by atoms with van der Waals surface area (Å²) in [7, 11) is 0. The van der Waals surface area contributed by atoms with Crippen LogP contribution in [0.3, 0.4) is 0 Å². The van der Waals surface area contributed by atoms with Gasteiger partial charge in [0, 0.05) is 30.1 Å². The number of amides is 1. The van der Waals surface area contributed by atoms with Crippen molar-refractivity contribution in [3.05, 3.63) is 65.6 Å². The average molecular weight is 366 g/mol. The molecule has 140 valence electrons. The highest BCUT2D eigenvalue weighted by atomic mass is 19.1. The minimum absolute atomic E-state index is 0.0119. The maximum atomic E-state index is 13.9. The Labute approximate surface area is 157 Å². The van der Waals surface area contributed by atoms with E-state index in [1.807, 2.05) is 36.4 Å². The van der Waals surface area contributed by atoms with Crippen LogP contribution >= 0.6 is 0 Å². The number of rotatable bonds is 5. The molecule has 1 saturated heterocycles. The van der Waals surface area contributed by atoms with Crippen LogP contribution in [0, 0.1) is 5.82 Å². The van der Waals surface area contributed by atoms with Crippen molar-refractivity contribution < 1.29 is 9.18 Å². The van der Waals surface area contributed by atoms with Crippen molar-refractivity contribution in [3.8, 4) is 0 Å². The molecule has 1 aromatic heterocycles. The Balaban J connectivity index is 1.35. The predicted molar refractivity (Wildman–Crippen MR) is 103 cm³/mol. The van der Waals surface area contributed by atoms with Crippen molar-refractivity contribution in [2.45, 2.75) is 31.8 Å². The van der Waals surface area contributed by atoms with Gasteiger partial charge in [0.05, 0.1) is 17.6 Å². The van der Waals surface area contributed by atoms with E-state index in [0.717, 1.165) is 42.5 Å². The largest absolute Gasteiger partial charge is 0.352 e. The van der Waals surface area contributed by atoms with Gasteiger partial charge in [0.25, 0.3) is 0 Å². The molecule has 3 aromatic rings. The monoisotopic (exact) mass is 366 g/mol. The molecular formula is C21H23FN4O. The van der Waals surface area contributed by atoms with Gasteiger partial charge in [0.2, 0.25) is 5.91 Å². The topological polar surface area (TPSA) is 61.0 Å². The van der Waals surface area contributed by atoms with E-state index < -0.39 is 0 Å². The lowest BCUT2D eigenvalue weighted by Gasteiger charge is -2.33. The highest BCUT2D eigenvalue weighted by Gasteiger charge is 2.22. The smallest absolute Gasteiger partial charge is 0.226 e. The molecule has 4 rings (SSSR count). The number of carbonyl (C=O) groups is 1. The first kappa shape index (κ1) is 17.7. The standard InChI is InChI=1S/C21H23FN4O/c22-18-9-3-1-6-15(18)13-26-11-5-7-16(14-26)23-21(27)12-20-17-8-2-4-10-19(17)24-25-20/h1-4,6,8-10,16H,5,7,11-14H2,(H,23,27)(H,24,25). The fourth-order valence-electron chi connectivity index (χ4n) is 3.77. The lowest BCUT2D eigenvalue weighted by molar-refractivity contribution is -0.121. The summed E-state index contributed by atoms with van der Waals surface area (Å²) >= 11 is 0. The zero-order valence-electron chi connectivity index (χ0n) is 15.1. The van der Waals surface area contributed by atoms with Crippen molar-refractivity contribution >= 4 is 16.8 Å². The number of para-hydroxylation sites is 1. The summed E-state index contributed by atoms with van der Waals surface area (Å²) in [5.74, 6) is -0.183. The Morgan fingerprint density at radius 1 is 1.22 bits per heavy atom. The van der Waals surface area contributed by atoms with Crippen molar-refractivity contribution in [3.63, 3.8) is 0 Å². The van der Waals surface area contributed by atoms with Gasteiger partial charge < -0.3 is 5.32 Å². The number of carbonyl (C=O) groups excluding carboxylic acids is 1. The molecule has 5 nitrogen and oxygen atoms in total. The van der Waals surface area contributed by atoms with E-state index in [1.54, 1.807) is 6.07 Å². The van der Waals surface area contributed by atoms with E-state index >= 15 is 0 Å². The molecule has 0 bridgehead atoms. The van der Waals surface area contributed by atoms with Crippen LogP contribution in [0.5, 0.6) is 0 Å². The van der Waals surface area contributed by atoms with Gasteiger partial charge in [-0.1, -0.05) is 36.4 Å². The number of hydrogen-bond acceptors (Lipinski definition) is 3. The molecule has 2 aromatic carbocycles. The molecule has 2 N–H and O–H groups in total. The molecule has 0 spiro atoms. The summed E-state index contributed by atoms with van der Waals surface area (Å²) in [4.78, 5) is 14.7. The fourth-order valence-corrected chi connectivity index (χ4v) is 3.77. The van der Waals surface area contributed by atoms with E-state index in [2.05, 4.69) is 20.4 Å². The van der Waals surface area contributed by atoms with Crippen LogP contribution in [0.1, 0.15) is 24.1 Å². The quantitative estimate of drug-likeness (QED) is 0.730. The van der Waals surface area contributed by atoms with Gasteiger partial charge in [0.15, 0.2) is 0 Å². The van der Waals surface area contributed by atoms with Crippen LogP contribution in [0.15, 0.2) is 48.5 Å². The van der Waals surface area contributed by atoms with Crippen molar-refractivity contribution in [2.75, 3.05) is 13.1 Å². The van der Waals surface area contributed by atoms with Crippen molar-refractivity contribution in [1.29, 1.82) is 0 Å². The van der Waals surface area contributed by atoms with E-state index in [1.165, 1.54) is 6.07 Å². The van der Waals surface area contributed by atoms with Crippen LogP contribution < -0.4 is 5.32 Å². The second kappa shape index (κ2) is 7.88. The van der Waals surface area contributed by atoms with Crippen LogP contribution in [0.2, 0.25) is 0 Å². The Morgan fingerprint density at radius 3 is 2.93 bits per heavy atom. The molecule has 0 saturated carbocycles. The summed E-state index contributed by atoms with van der Waals surface area (Å²) in [6.45, 7) is 2.24. The summed E-state index contributed by atoms with van der Waals surface area (Å²) in [6.07, 6.45) is 2.22. The van der Waals surface area contributed by atoms with Gasteiger partial charge in [0.1, 0.15) is 5.82 Å². The third kappa shape index (κ3) is 4.17. The molecule has 6 heteroatoms.